The van der Waals surface area contributed by atoms with Crippen LogP contribution in [0.5, 0.6) is 11.5 Å². The molecule has 0 radical (unpaired) electrons. The van der Waals surface area contributed by atoms with Crippen molar-refractivity contribution in [2.24, 2.45) is 0 Å². The van der Waals surface area contributed by atoms with Gasteiger partial charge in [-0.2, -0.15) is 0 Å². The Morgan fingerprint density at radius 2 is 1.47 bits per heavy atom. The summed E-state index contributed by atoms with van der Waals surface area (Å²) in [4.78, 5) is 29.9. The third kappa shape index (κ3) is 5.15. The second-order valence-corrected chi connectivity index (χ2v) is 7.11. The van der Waals surface area contributed by atoms with Crippen LogP contribution < -0.4 is 29.9 Å². The minimum absolute atomic E-state index is 0.416. The molecule has 1 saturated heterocycles. The molecule has 1 fully saturated rings. The zero-order valence-corrected chi connectivity index (χ0v) is 18.0. The summed E-state index contributed by atoms with van der Waals surface area (Å²) >= 11 is 0. The van der Waals surface area contributed by atoms with Crippen LogP contribution >= 0.6 is 0 Å². The topological polar surface area (TPSA) is 105 Å². The first kappa shape index (κ1) is 21.2. The van der Waals surface area contributed by atoms with Crippen molar-refractivity contribution in [3.63, 3.8) is 0 Å². The lowest BCUT2D eigenvalue weighted by Gasteiger charge is -2.35. The lowest BCUT2D eigenvalue weighted by molar-refractivity contribution is 0.262. The molecule has 0 atom stereocenters. The molecular weight excluding hydrogens is 410 g/mol. The number of benzene rings is 1. The summed E-state index contributed by atoms with van der Waals surface area (Å²) in [6.07, 6.45) is 5.00. The Kier molecular flexibility index (Phi) is 6.49. The highest BCUT2D eigenvalue weighted by atomic mass is 16.5. The number of hydrogen-bond acceptors (Lipinski definition) is 8. The zero-order chi connectivity index (χ0) is 22.3. The Bertz CT molecular complexity index is 1020. The van der Waals surface area contributed by atoms with Crippen LogP contribution in [0.4, 0.5) is 27.9 Å². The highest BCUT2D eigenvalue weighted by Gasteiger charge is 2.19. The molecule has 0 unspecified atom stereocenters. The minimum Gasteiger partial charge on any atom is -0.497 e. The number of carbonyl (C=O) groups excluding carboxylic acids is 1. The van der Waals surface area contributed by atoms with Crippen LogP contribution in [-0.2, 0) is 0 Å². The van der Waals surface area contributed by atoms with Crippen molar-refractivity contribution >= 4 is 29.2 Å². The number of piperazine rings is 1. The van der Waals surface area contributed by atoms with E-state index in [1.54, 1.807) is 51.0 Å². The van der Waals surface area contributed by atoms with Gasteiger partial charge in [-0.15, -0.1) is 0 Å². The van der Waals surface area contributed by atoms with Gasteiger partial charge in [0, 0.05) is 56.3 Å². The summed E-state index contributed by atoms with van der Waals surface area (Å²) in [7, 11) is 3.10. The summed E-state index contributed by atoms with van der Waals surface area (Å²) < 4.78 is 10.4. The third-order valence-electron chi connectivity index (χ3n) is 5.04. The van der Waals surface area contributed by atoms with Crippen molar-refractivity contribution in [1.29, 1.82) is 0 Å². The highest BCUT2D eigenvalue weighted by molar-refractivity contribution is 5.99. The predicted molar refractivity (Wildman–Crippen MR) is 123 cm³/mol. The van der Waals surface area contributed by atoms with Gasteiger partial charge in [-0.25, -0.2) is 19.7 Å². The molecule has 1 aliphatic heterocycles. The Labute approximate surface area is 186 Å². The number of carbonyl (C=O) groups is 1. The van der Waals surface area contributed by atoms with Gasteiger partial charge in [0.25, 0.3) is 0 Å². The SMILES string of the molecule is COc1cc(NC(=O)Nc2cnc(N3CCN(c4ccccn4)CC3)nc2)cc(OC)c1. The fourth-order valence-corrected chi connectivity index (χ4v) is 3.40. The van der Waals surface area contributed by atoms with E-state index < -0.39 is 6.03 Å². The van der Waals surface area contributed by atoms with Crippen molar-refractivity contribution in [2.75, 3.05) is 60.8 Å². The first-order valence-corrected chi connectivity index (χ1v) is 10.2. The van der Waals surface area contributed by atoms with E-state index in [0.29, 0.717) is 28.8 Å². The molecule has 10 heteroatoms. The number of ether oxygens (including phenoxy) is 2. The molecule has 0 saturated carbocycles. The summed E-state index contributed by atoms with van der Waals surface area (Å²) in [5.41, 5.74) is 1.04. The molecule has 2 N–H and O–H groups in total. The van der Waals surface area contributed by atoms with Crippen LogP contribution in [0.25, 0.3) is 0 Å². The predicted octanol–water partition coefficient (Wildman–Crippen LogP) is 2.86. The maximum absolute atomic E-state index is 12.4. The van der Waals surface area contributed by atoms with Gasteiger partial charge < -0.3 is 29.9 Å². The van der Waals surface area contributed by atoms with Crippen molar-refractivity contribution in [2.45, 2.75) is 0 Å². The van der Waals surface area contributed by atoms with E-state index >= 15 is 0 Å². The molecule has 3 heterocycles. The van der Waals surface area contributed by atoms with E-state index in [1.807, 2.05) is 18.2 Å². The van der Waals surface area contributed by atoms with E-state index in [9.17, 15) is 4.79 Å². The van der Waals surface area contributed by atoms with E-state index in [4.69, 9.17) is 9.47 Å². The van der Waals surface area contributed by atoms with Crippen LogP contribution in [0.15, 0.2) is 55.0 Å². The number of rotatable bonds is 6. The van der Waals surface area contributed by atoms with Gasteiger partial charge in [0.05, 0.1) is 32.3 Å². The third-order valence-corrected chi connectivity index (χ3v) is 5.04. The standard InChI is InChI=1S/C22H25N7O3/c1-31-18-11-16(12-19(13-18)32-2)26-22(30)27-17-14-24-21(25-15-17)29-9-7-28(8-10-29)20-5-3-4-6-23-20/h3-6,11-15H,7-10H2,1-2H3,(H2,26,27,30). The molecule has 166 valence electrons. The van der Waals surface area contributed by atoms with Gasteiger partial charge in [0.2, 0.25) is 5.95 Å². The van der Waals surface area contributed by atoms with E-state index in [-0.39, 0.29) is 0 Å². The van der Waals surface area contributed by atoms with Crippen molar-refractivity contribution in [1.82, 2.24) is 15.0 Å². The van der Waals surface area contributed by atoms with Crippen LogP contribution in [0, 0.1) is 0 Å². The lowest BCUT2D eigenvalue weighted by Crippen LogP contribution is -2.47. The maximum Gasteiger partial charge on any atom is 0.323 e. The van der Waals surface area contributed by atoms with Crippen molar-refractivity contribution < 1.29 is 14.3 Å². The number of hydrogen-bond donors (Lipinski definition) is 2. The van der Waals surface area contributed by atoms with Crippen LogP contribution in [0.3, 0.4) is 0 Å². The summed E-state index contributed by atoms with van der Waals surface area (Å²) in [6.45, 7) is 3.27. The van der Waals surface area contributed by atoms with Gasteiger partial charge in [-0.1, -0.05) is 6.07 Å². The Morgan fingerprint density at radius 1 is 0.844 bits per heavy atom. The Balaban J connectivity index is 1.32. The number of pyridine rings is 1. The van der Waals surface area contributed by atoms with Gasteiger partial charge in [-0.05, 0) is 12.1 Å². The number of aromatic nitrogens is 3. The Morgan fingerprint density at radius 3 is 2.06 bits per heavy atom. The maximum atomic E-state index is 12.4. The lowest BCUT2D eigenvalue weighted by atomic mass is 10.3. The van der Waals surface area contributed by atoms with Crippen molar-refractivity contribution in [3.8, 4) is 11.5 Å². The molecule has 4 rings (SSSR count). The van der Waals surface area contributed by atoms with Gasteiger partial charge >= 0.3 is 6.03 Å². The van der Waals surface area contributed by atoms with E-state index in [0.717, 1.165) is 32.0 Å². The highest BCUT2D eigenvalue weighted by Crippen LogP contribution is 2.26. The molecule has 0 aliphatic carbocycles. The molecule has 10 nitrogen and oxygen atoms in total. The smallest absolute Gasteiger partial charge is 0.323 e. The average Bonchev–Trinajstić information content (AvgIpc) is 2.85. The number of anilines is 4. The molecular formula is C22H25N7O3. The quantitative estimate of drug-likeness (QED) is 0.609. The molecule has 0 spiro atoms. The number of amides is 2. The van der Waals surface area contributed by atoms with Crippen LogP contribution in [0.2, 0.25) is 0 Å². The summed E-state index contributed by atoms with van der Waals surface area (Å²) in [5.74, 6) is 2.77. The van der Waals surface area contributed by atoms with E-state index in [2.05, 4.69) is 35.4 Å². The number of nitrogens with zero attached hydrogens (tertiary/aromatic N) is 5. The second-order valence-electron chi connectivity index (χ2n) is 7.11. The normalized spacial score (nSPS) is 13.4. The molecule has 3 aromatic rings. The fourth-order valence-electron chi connectivity index (χ4n) is 3.40. The van der Waals surface area contributed by atoms with Crippen molar-refractivity contribution in [3.05, 3.63) is 55.0 Å². The van der Waals surface area contributed by atoms with Gasteiger partial charge in [0.1, 0.15) is 17.3 Å². The molecule has 2 amide bonds. The summed E-state index contributed by atoms with van der Waals surface area (Å²) in [6, 6.07) is 10.6. The van der Waals surface area contributed by atoms with Crippen LogP contribution in [-0.4, -0.2) is 61.4 Å². The molecule has 32 heavy (non-hydrogen) atoms. The molecule has 1 aliphatic rings. The van der Waals surface area contributed by atoms with E-state index in [1.165, 1.54) is 0 Å². The first-order chi connectivity index (χ1) is 15.6. The van der Waals surface area contributed by atoms with Crippen LogP contribution in [0.1, 0.15) is 0 Å². The Hall–Kier alpha value is -4.08. The zero-order valence-electron chi connectivity index (χ0n) is 18.0. The van der Waals surface area contributed by atoms with Gasteiger partial charge in [-0.3, -0.25) is 0 Å². The molecule has 0 bridgehead atoms. The average molecular weight is 435 g/mol. The molecule has 2 aromatic heterocycles. The second kappa shape index (κ2) is 9.82. The minimum atomic E-state index is -0.416. The first-order valence-electron chi connectivity index (χ1n) is 10.2. The molecule has 1 aromatic carbocycles. The number of methoxy groups -OCH3 is 2. The summed E-state index contributed by atoms with van der Waals surface area (Å²) in [5, 5.41) is 5.48. The number of nitrogens with one attached hydrogen (secondary N) is 2. The number of urea groups is 1. The largest absolute Gasteiger partial charge is 0.497 e. The van der Waals surface area contributed by atoms with Gasteiger partial charge in [0.15, 0.2) is 0 Å². The monoisotopic (exact) mass is 435 g/mol. The fraction of sp³-hybridized carbons (Fsp3) is 0.273.